The van der Waals surface area contributed by atoms with Crippen LogP contribution in [0.2, 0.25) is 0 Å². The molecule has 8 heteroatoms. The average Bonchev–Trinajstić information content (AvgIpc) is 1.53. The molecule has 14 aromatic carbocycles. The third kappa shape index (κ3) is 12.7. The number of nitro benzene ring substituents is 1. The van der Waals surface area contributed by atoms with Crippen LogP contribution < -0.4 is 24.3 Å². The number of ether oxygens (including phenoxy) is 1. The summed E-state index contributed by atoms with van der Waals surface area (Å²) in [4.78, 5) is 19.5. The maximum Gasteiger partial charge on any atom is 0.269 e. The first-order valence-electron chi connectivity index (χ1n) is 30.4. The summed E-state index contributed by atoms with van der Waals surface area (Å²) in [5.74, 6) is 0.848. The largest absolute Gasteiger partial charge is 0.497 e. The summed E-state index contributed by atoms with van der Waals surface area (Å²) < 4.78 is 5.42. The van der Waals surface area contributed by atoms with Crippen molar-refractivity contribution in [2.24, 2.45) is 0 Å². The van der Waals surface area contributed by atoms with Gasteiger partial charge in [0.25, 0.3) is 5.69 Å². The molecule has 0 aliphatic heterocycles. The van der Waals surface area contributed by atoms with Gasteiger partial charge in [-0.3, -0.25) is 10.1 Å². The predicted molar refractivity (Wildman–Crippen MR) is 381 cm³/mol. The first kappa shape index (κ1) is 58.0. The number of nitro groups is 1. The van der Waals surface area contributed by atoms with E-state index in [2.05, 4.69) is 313 Å². The molecule has 8 nitrogen and oxygen atoms in total. The molecule has 0 unspecified atom stereocenters. The Hall–Kier alpha value is -12.0. The Bertz CT molecular complexity index is 4780. The normalized spacial score (nSPS) is 10.9. The van der Waals surface area contributed by atoms with E-state index in [4.69, 9.17) is 4.74 Å². The van der Waals surface area contributed by atoms with Crippen LogP contribution >= 0.6 is 0 Å². The van der Waals surface area contributed by atoms with Gasteiger partial charge in [-0.05, 0) is 164 Å². The SMILES string of the molecule is CN(c1ccc(-c2ccc(N(c3cccc(-c4ccccc4)c3)c3cccc4ccccc34)cc2)cc1)c1ccc([N+](=O)[O-])cc1.COc1cccc(N(C)c2ccc(-c3ccc(N(c4cccc(-c5ccccc5)c4)c4cccc5ccccc45)cc3)cc2)c1. The Kier molecular flexibility index (Phi) is 16.9. The molecule has 91 heavy (non-hydrogen) atoms. The van der Waals surface area contributed by atoms with Crippen molar-refractivity contribution in [1.29, 1.82) is 0 Å². The number of rotatable bonds is 16. The van der Waals surface area contributed by atoms with Gasteiger partial charge in [0, 0.05) is 88.6 Å². The zero-order valence-electron chi connectivity index (χ0n) is 50.8. The van der Waals surface area contributed by atoms with Crippen LogP contribution in [0.15, 0.2) is 340 Å². The molecule has 0 aliphatic rings. The van der Waals surface area contributed by atoms with Crippen molar-refractivity contribution in [2.75, 3.05) is 40.8 Å². The van der Waals surface area contributed by atoms with Crippen LogP contribution in [0.25, 0.3) is 66.1 Å². The molecule has 0 saturated heterocycles. The maximum atomic E-state index is 11.0. The standard InChI is InChI=1S/C42H34N2O.C41H31N3O2/c1-43(38-16-10-18-40(30-38)45-2)36-25-21-32(22-26-36)33-23-27-37(28-24-33)44(42-20-9-14-34-13-6-7-19-41(34)42)39-17-8-15-35(29-39)31-11-4-3-5-12-31;1-42(36-25-27-38(28-26-36)44(45)46)35-21-17-31(18-22-35)32-19-23-37(24-20-32)43(41-16-8-12-33-11-5-6-15-40(33)41)39-14-7-13-34(29-39)30-9-3-2-4-10-30/h3-30H,1-2H3;2-29H,1H3. The topological polar surface area (TPSA) is 65.3 Å². The molecule has 14 rings (SSSR count). The van der Waals surface area contributed by atoms with Gasteiger partial charge in [-0.2, -0.15) is 0 Å². The van der Waals surface area contributed by atoms with Crippen molar-refractivity contribution in [3.8, 4) is 50.3 Å². The summed E-state index contributed by atoms with van der Waals surface area (Å²) >= 11 is 0. The van der Waals surface area contributed by atoms with E-state index >= 15 is 0 Å². The molecule has 0 atom stereocenters. The van der Waals surface area contributed by atoms with Crippen LogP contribution in [0, 0.1) is 10.1 Å². The summed E-state index contributed by atoms with van der Waals surface area (Å²) in [6.45, 7) is 0. The molecule has 0 spiro atoms. The monoisotopic (exact) mass is 1180 g/mol. The van der Waals surface area contributed by atoms with Gasteiger partial charge in [0.05, 0.1) is 23.4 Å². The Morgan fingerprint density at radius 1 is 0.286 bits per heavy atom. The van der Waals surface area contributed by atoms with Crippen LogP contribution in [-0.2, 0) is 0 Å². The lowest BCUT2D eigenvalue weighted by molar-refractivity contribution is -0.384. The number of hydrogen-bond acceptors (Lipinski definition) is 7. The molecule has 0 aromatic heterocycles. The van der Waals surface area contributed by atoms with Crippen LogP contribution in [0.3, 0.4) is 0 Å². The average molecular weight is 1180 g/mol. The number of nitrogens with zero attached hydrogens (tertiary/aromatic N) is 5. The van der Waals surface area contributed by atoms with E-state index < -0.39 is 0 Å². The lowest BCUT2D eigenvalue weighted by atomic mass is 10.0. The highest BCUT2D eigenvalue weighted by Gasteiger charge is 2.19. The second-order valence-corrected chi connectivity index (χ2v) is 22.3. The van der Waals surface area contributed by atoms with Gasteiger partial charge < -0.3 is 24.3 Å². The van der Waals surface area contributed by atoms with Crippen molar-refractivity contribution in [2.45, 2.75) is 0 Å². The molecule has 0 saturated carbocycles. The first-order valence-corrected chi connectivity index (χ1v) is 30.4. The van der Waals surface area contributed by atoms with Crippen molar-refractivity contribution in [3.05, 3.63) is 350 Å². The van der Waals surface area contributed by atoms with Crippen LogP contribution in [0.5, 0.6) is 5.75 Å². The van der Waals surface area contributed by atoms with E-state index in [0.29, 0.717) is 0 Å². The molecule has 0 N–H and O–H groups in total. The molecular weight excluding hydrogens is 1110 g/mol. The maximum absolute atomic E-state index is 11.0. The van der Waals surface area contributed by atoms with Gasteiger partial charge in [0.15, 0.2) is 0 Å². The van der Waals surface area contributed by atoms with E-state index in [9.17, 15) is 10.1 Å². The Morgan fingerprint density at radius 3 is 1.02 bits per heavy atom. The predicted octanol–water partition coefficient (Wildman–Crippen LogP) is 22.7. The summed E-state index contributed by atoms with van der Waals surface area (Å²) in [6.07, 6.45) is 0. The van der Waals surface area contributed by atoms with Crippen molar-refractivity contribution < 1.29 is 9.66 Å². The quantitative estimate of drug-likeness (QED) is 0.0705. The number of fused-ring (bicyclic) bond motifs is 2. The van der Waals surface area contributed by atoms with E-state index in [1.54, 1.807) is 19.2 Å². The van der Waals surface area contributed by atoms with E-state index in [-0.39, 0.29) is 10.6 Å². The fraction of sp³-hybridized carbons (Fsp3) is 0.0361. The molecule has 0 aliphatic carbocycles. The van der Waals surface area contributed by atoms with Crippen molar-refractivity contribution >= 4 is 84.1 Å². The third-order valence-electron chi connectivity index (χ3n) is 16.8. The summed E-state index contributed by atoms with van der Waals surface area (Å²) in [7, 11) is 5.73. The molecule has 0 amide bonds. The molecule has 0 heterocycles. The van der Waals surface area contributed by atoms with Gasteiger partial charge in [0.2, 0.25) is 0 Å². The second kappa shape index (κ2) is 26.5. The molecule has 14 aromatic rings. The summed E-state index contributed by atoms with van der Waals surface area (Å²) in [5.41, 5.74) is 20.1. The molecule has 0 radical (unpaired) electrons. The highest BCUT2D eigenvalue weighted by molar-refractivity contribution is 6.01. The Balaban J connectivity index is 0.000000167. The van der Waals surface area contributed by atoms with Crippen LogP contribution in [0.4, 0.5) is 62.6 Å². The Labute approximate surface area is 531 Å². The van der Waals surface area contributed by atoms with Crippen molar-refractivity contribution in [1.82, 2.24) is 0 Å². The molecule has 440 valence electrons. The van der Waals surface area contributed by atoms with Gasteiger partial charge in [-0.15, -0.1) is 0 Å². The highest BCUT2D eigenvalue weighted by Crippen LogP contribution is 2.43. The minimum atomic E-state index is -0.382. The van der Waals surface area contributed by atoms with Gasteiger partial charge in [-0.1, -0.05) is 212 Å². The number of non-ortho nitro benzene ring substituents is 1. The first-order chi connectivity index (χ1) is 44.7. The zero-order valence-corrected chi connectivity index (χ0v) is 50.8. The molecule has 0 fully saturated rings. The summed E-state index contributed by atoms with van der Waals surface area (Å²) in [5, 5.41) is 15.8. The molecular formula is C83H65N5O3. The minimum absolute atomic E-state index is 0.0823. The van der Waals surface area contributed by atoms with E-state index in [0.717, 1.165) is 73.8 Å². The zero-order chi connectivity index (χ0) is 62.0. The van der Waals surface area contributed by atoms with Gasteiger partial charge >= 0.3 is 0 Å². The molecule has 0 bridgehead atoms. The van der Waals surface area contributed by atoms with E-state index in [1.165, 1.54) is 67.1 Å². The number of benzene rings is 14. The fourth-order valence-electron chi connectivity index (χ4n) is 11.8. The van der Waals surface area contributed by atoms with E-state index in [1.807, 2.05) is 36.2 Å². The minimum Gasteiger partial charge on any atom is -0.497 e. The smallest absolute Gasteiger partial charge is 0.269 e. The number of anilines is 10. The number of methoxy groups -OCH3 is 1. The second-order valence-electron chi connectivity index (χ2n) is 22.3. The van der Waals surface area contributed by atoms with Crippen LogP contribution in [-0.4, -0.2) is 26.1 Å². The van der Waals surface area contributed by atoms with Gasteiger partial charge in [0.1, 0.15) is 5.75 Å². The van der Waals surface area contributed by atoms with Crippen molar-refractivity contribution in [3.63, 3.8) is 0 Å². The third-order valence-corrected chi connectivity index (χ3v) is 16.8. The summed E-state index contributed by atoms with van der Waals surface area (Å²) in [6, 6.07) is 118. The van der Waals surface area contributed by atoms with Gasteiger partial charge in [-0.25, -0.2) is 0 Å². The fourth-order valence-corrected chi connectivity index (χ4v) is 11.8. The highest BCUT2D eigenvalue weighted by atomic mass is 16.6. The lowest BCUT2D eigenvalue weighted by Gasteiger charge is -2.27. The van der Waals surface area contributed by atoms with Crippen LogP contribution in [0.1, 0.15) is 0 Å². The Morgan fingerprint density at radius 2 is 0.604 bits per heavy atom. The number of hydrogen-bond donors (Lipinski definition) is 0. The lowest BCUT2D eigenvalue weighted by Crippen LogP contribution is -2.10.